The highest BCUT2D eigenvalue weighted by Gasteiger charge is 2.29. The van der Waals surface area contributed by atoms with E-state index in [4.69, 9.17) is 4.74 Å². The number of aliphatic carboxylic acids is 1. The van der Waals surface area contributed by atoms with Crippen LogP contribution in [0.2, 0.25) is 0 Å². The maximum absolute atomic E-state index is 13.7. The number of nitrogens with zero attached hydrogens (tertiary/aromatic N) is 4. The SMILES string of the molecule is CCc1ccc(C(=O)N2CCc3ccc(C(CC(=O)O)c4ccc5c(nnn5C)c4C)cc3C2)c2c1OCC2. The number of rotatable bonds is 6. The number of fused-ring (bicyclic) bond motifs is 3. The highest BCUT2D eigenvalue weighted by atomic mass is 16.5. The minimum absolute atomic E-state index is 0.0292. The monoisotopic (exact) mass is 524 g/mol. The van der Waals surface area contributed by atoms with Crippen molar-refractivity contribution in [1.82, 2.24) is 19.9 Å². The van der Waals surface area contributed by atoms with Crippen LogP contribution in [0.25, 0.3) is 11.0 Å². The van der Waals surface area contributed by atoms with E-state index >= 15 is 0 Å². The Hall–Kier alpha value is -4.20. The zero-order chi connectivity index (χ0) is 27.3. The molecule has 2 aliphatic rings. The zero-order valence-electron chi connectivity index (χ0n) is 22.5. The van der Waals surface area contributed by atoms with Gasteiger partial charge in [0.1, 0.15) is 11.3 Å². The van der Waals surface area contributed by atoms with Crippen LogP contribution in [0.4, 0.5) is 0 Å². The quantitative estimate of drug-likeness (QED) is 0.397. The van der Waals surface area contributed by atoms with Crippen LogP contribution < -0.4 is 4.74 Å². The Morgan fingerprint density at radius 3 is 2.74 bits per heavy atom. The van der Waals surface area contributed by atoms with E-state index in [1.165, 1.54) is 5.56 Å². The summed E-state index contributed by atoms with van der Waals surface area (Å²) in [5.74, 6) is -0.288. The minimum Gasteiger partial charge on any atom is -0.493 e. The van der Waals surface area contributed by atoms with Gasteiger partial charge in [-0.25, -0.2) is 4.68 Å². The van der Waals surface area contributed by atoms with E-state index in [1.54, 1.807) is 4.68 Å². The second kappa shape index (κ2) is 9.84. The van der Waals surface area contributed by atoms with Crippen molar-refractivity contribution in [3.05, 3.63) is 87.0 Å². The topological polar surface area (TPSA) is 97.5 Å². The summed E-state index contributed by atoms with van der Waals surface area (Å²) < 4.78 is 7.60. The first-order valence-corrected chi connectivity index (χ1v) is 13.5. The average molecular weight is 525 g/mol. The Kier molecular flexibility index (Phi) is 6.33. The molecule has 3 aromatic carbocycles. The Labute approximate surface area is 227 Å². The first kappa shape index (κ1) is 25.1. The molecule has 0 aliphatic carbocycles. The molecule has 0 spiro atoms. The fourth-order valence-corrected chi connectivity index (χ4v) is 6.18. The Balaban J connectivity index is 1.33. The van der Waals surface area contributed by atoms with Crippen LogP contribution in [0.1, 0.15) is 68.6 Å². The molecule has 1 unspecified atom stereocenters. The normalized spacial score (nSPS) is 15.1. The summed E-state index contributed by atoms with van der Waals surface area (Å²) in [5, 5.41) is 18.3. The first-order valence-electron chi connectivity index (χ1n) is 13.5. The lowest BCUT2D eigenvalue weighted by Crippen LogP contribution is -2.36. The molecule has 0 saturated carbocycles. The molecule has 39 heavy (non-hydrogen) atoms. The summed E-state index contributed by atoms with van der Waals surface area (Å²) in [7, 11) is 1.85. The lowest BCUT2D eigenvalue weighted by Gasteiger charge is -2.30. The van der Waals surface area contributed by atoms with E-state index in [0.29, 0.717) is 19.7 Å². The standard InChI is InChI=1S/C31H32N4O4/c1-4-19-7-8-25(24-12-14-39-30(19)24)31(38)35-13-11-20-5-6-21(15-22(20)17-35)26(16-28(36)37)23-9-10-27-29(18(23)2)32-33-34(27)3/h5-10,15,26H,4,11-14,16-17H2,1-3H3,(H,36,37). The zero-order valence-corrected chi connectivity index (χ0v) is 22.5. The van der Waals surface area contributed by atoms with Gasteiger partial charge in [0.05, 0.1) is 18.5 Å². The van der Waals surface area contributed by atoms with Crippen LogP contribution in [0.3, 0.4) is 0 Å². The molecule has 4 aromatic rings. The van der Waals surface area contributed by atoms with E-state index < -0.39 is 5.97 Å². The van der Waals surface area contributed by atoms with Crippen LogP contribution in [-0.4, -0.2) is 50.0 Å². The fourth-order valence-electron chi connectivity index (χ4n) is 6.18. The molecule has 1 aromatic heterocycles. The summed E-state index contributed by atoms with van der Waals surface area (Å²) in [6.45, 7) is 5.84. The lowest BCUT2D eigenvalue weighted by atomic mass is 9.83. The van der Waals surface area contributed by atoms with Crippen LogP contribution in [0.15, 0.2) is 42.5 Å². The van der Waals surface area contributed by atoms with E-state index in [1.807, 2.05) is 49.2 Å². The van der Waals surface area contributed by atoms with Crippen molar-refractivity contribution in [3.8, 4) is 5.75 Å². The van der Waals surface area contributed by atoms with Crippen molar-refractivity contribution in [2.45, 2.75) is 52.0 Å². The number of carboxylic acid groups (broad SMARTS) is 1. The summed E-state index contributed by atoms with van der Waals surface area (Å²) in [4.78, 5) is 27.6. The molecule has 1 amide bonds. The van der Waals surface area contributed by atoms with Crippen molar-refractivity contribution >= 4 is 22.9 Å². The summed E-state index contributed by atoms with van der Waals surface area (Å²) >= 11 is 0. The van der Waals surface area contributed by atoms with Gasteiger partial charge in [0.15, 0.2) is 0 Å². The molecule has 1 atom stereocenters. The van der Waals surface area contributed by atoms with E-state index in [9.17, 15) is 14.7 Å². The van der Waals surface area contributed by atoms with Gasteiger partial charge in [-0.15, -0.1) is 5.10 Å². The molecule has 0 radical (unpaired) electrons. The molecule has 0 bridgehead atoms. The number of carboxylic acids is 1. The largest absolute Gasteiger partial charge is 0.493 e. The number of benzene rings is 3. The number of amides is 1. The molecular weight excluding hydrogens is 492 g/mol. The van der Waals surface area contributed by atoms with Gasteiger partial charge in [0.2, 0.25) is 0 Å². The second-order valence-electron chi connectivity index (χ2n) is 10.5. The highest BCUT2D eigenvalue weighted by molar-refractivity contribution is 5.97. The van der Waals surface area contributed by atoms with Gasteiger partial charge < -0.3 is 14.7 Å². The van der Waals surface area contributed by atoms with Gasteiger partial charge in [-0.1, -0.05) is 42.5 Å². The molecular formula is C31H32N4O4. The van der Waals surface area contributed by atoms with Gasteiger partial charge in [0, 0.05) is 43.6 Å². The van der Waals surface area contributed by atoms with E-state index in [2.05, 4.69) is 29.4 Å². The maximum atomic E-state index is 13.7. The molecule has 0 saturated heterocycles. The average Bonchev–Trinajstić information content (AvgIpc) is 3.58. The first-order chi connectivity index (χ1) is 18.9. The molecule has 200 valence electrons. The van der Waals surface area contributed by atoms with Gasteiger partial charge >= 0.3 is 5.97 Å². The number of carbonyl (C=O) groups is 2. The third kappa shape index (κ3) is 4.33. The molecule has 8 nitrogen and oxygen atoms in total. The van der Waals surface area contributed by atoms with Crippen LogP contribution in [-0.2, 0) is 37.6 Å². The minimum atomic E-state index is -0.861. The molecule has 1 N–H and O–H groups in total. The Morgan fingerprint density at radius 1 is 1.10 bits per heavy atom. The molecule has 8 heteroatoms. The number of ether oxygens (including phenoxy) is 1. The van der Waals surface area contributed by atoms with E-state index in [0.717, 1.165) is 75.0 Å². The Morgan fingerprint density at radius 2 is 1.95 bits per heavy atom. The number of hydrogen-bond donors (Lipinski definition) is 1. The number of aryl methyl sites for hydroxylation is 3. The maximum Gasteiger partial charge on any atom is 0.304 e. The van der Waals surface area contributed by atoms with Crippen LogP contribution in [0.5, 0.6) is 5.75 Å². The summed E-state index contributed by atoms with van der Waals surface area (Å²) in [5.41, 5.74) is 9.66. The van der Waals surface area contributed by atoms with Crippen molar-refractivity contribution < 1.29 is 19.4 Å². The number of hydrogen-bond acceptors (Lipinski definition) is 5. The third-order valence-electron chi connectivity index (χ3n) is 8.32. The molecule has 3 heterocycles. The van der Waals surface area contributed by atoms with Crippen LogP contribution in [0, 0.1) is 6.92 Å². The summed E-state index contributed by atoms with van der Waals surface area (Å²) in [6, 6.07) is 14.1. The predicted molar refractivity (Wildman–Crippen MR) is 147 cm³/mol. The van der Waals surface area contributed by atoms with Crippen molar-refractivity contribution in [2.24, 2.45) is 7.05 Å². The van der Waals surface area contributed by atoms with E-state index in [-0.39, 0.29) is 18.2 Å². The van der Waals surface area contributed by atoms with Gasteiger partial charge in [-0.2, -0.15) is 0 Å². The predicted octanol–water partition coefficient (Wildman–Crippen LogP) is 4.58. The van der Waals surface area contributed by atoms with Crippen molar-refractivity contribution in [2.75, 3.05) is 13.2 Å². The smallest absolute Gasteiger partial charge is 0.304 e. The second-order valence-corrected chi connectivity index (χ2v) is 10.5. The van der Waals surface area contributed by atoms with Gasteiger partial charge in [-0.05, 0) is 65.3 Å². The highest BCUT2D eigenvalue weighted by Crippen LogP contribution is 2.37. The fraction of sp³-hybridized carbons (Fsp3) is 0.355. The Bertz CT molecular complexity index is 1620. The number of carbonyl (C=O) groups excluding carboxylic acids is 1. The van der Waals surface area contributed by atoms with Crippen LogP contribution >= 0.6 is 0 Å². The number of aromatic nitrogens is 3. The van der Waals surface area contributed by atoms with Gasteiger partial charge in [0.25, 0.3) is 5.91 Å². The van der Waals surface area contributed by atoms with Gasteiger partial charge in [-0.3, -0.25) is 9.59 Å². The summed E-state index contributed by atoms with van der Waals surface area (Å²) in [6.07, 6.45) is 2.36. The molecule has 6 rings (SSSR count). The van der Waals surface area contributed by atoms with Crippen molar-refractivity contribution in [1.29, 1.82) is 0 Å². The third-order valence-corrected chi connectivity index (χ3v) is 8.32. The molecule has 0 fully saturated rings. The molecule has 2 aliphatic heterocycles. The van der Waals surface area contributed by atoms with Crippen molar-refractivity contribution in [3.63, 3.8) is 0 Å². The lowest BCUT2D eigenvalue weighted by molar-refractivity contribution is -0.137.